The average molecular weight is 332 g/mol. The number of nitrogens with zero attached hydrogens (tertiary/aromatic N) is 1. The Hall–Kier alpha value is -0.810. The highest BCUT2D eigenvalue weighted by molar-refractivity contribution is 5.85. The van der Waals surface area contributed by atoms with Crippen molar-refractivity contribution in [3.63, 3.8) is 0 Å². The van der Waals surface area contributed by atoms with E-state index >= 15 is 0 Å². The Balaban J connectivity index is 0.00000242. The standard InChI is InChI=1S/C16H29N3O2.ClH/c1-16(7-9-17-10-8-16)13-18-14(20)12-19-11-5-3-2-4-6-15(19)21;/h17H,2-13H2,1H3,(H,18,20);1H. The minimum atomic E-state index is -0.0105. The van der Waals surface area contributed by atoms with Crippen LogP contribution in [0.25, 0.3) is 0 Å². The molecule has 0 unspecified atom stereocenters. The van der Waals surface area contributed by atoms with Gasteiger partial charge in [0.25, 0.3) is 0 Å². The number of hydrogen-bond donors (Lipinski definition) is 2. The smallest absolute Gasteiger partial charge is 0.239 e. The van der Waals surface area contributed by atoms with Crippen molar-refractivity contribution in [2.75, 3.05) is 32.7 Å². The number of piperidine rings is 1. The summed E-state index contributed by atoms with van der Waals surface area (Å²) in [5, 5.41) is 6.38. The van der Waals surface area contributed by atoms with E-state index in [0.717, 1.165) is 64.7 Å². The van der Waals surface area contributed by atoms with Gasteiger partial charge in [0.2, 0.25) is 11.8 Å². The van der Waals surface area contributed by atoms with Crippen molar-refractivity contribution in [2.24, 2.45) is 5.41 Å². The molecule has 0 atom stereocenters. The fraction of sp³-hybridized carbons (Fsp3) is 0.875. The summed E-state index contributed by atoms with van der Waals surface area (Å²) in [6.45, 7) is 5.96. The maximum absolute atomic E-state index is 12.1. The lowest BCUT2D eigenvalue weighted by molar-refractivity contribution is -0.136. The van der Waals surface area contributed by atoms with Crippen LogP contribution in [0.1, 0.15) is 51.9 Å². The third-order valence-electron chi connectivity index (χ3n) is 4.78. The molecule has 0 aliphatic carbocycles. The van der Waals surface area contributed by atoms with Crippen molar-refractivity contribution in [2.45, 2.75) is 51.9 Å². The van der Waals surface area contributed by atoms with Crippen LogP contribution in [0.15, 0.2) is 0 Å². The van der Waals surface area contributed by atoms with E-state index in [-0.39, 0.29) is 36.2 Å². The van der Waals surface area contributed by atoms with Crippen molar-refractivity contribution >= 4 is 24.2 Å². The highest BCUT2D eigenvalue weighted by Gasteiger charge is 2.27. The molecule has 2 rings (SSSR count). The van der Waals surface area contributed by atoms with Crippen LogP contribution in [0.3, 0.4) is 0 Å². The molecular weight excluding hydrogens is 302 g/mol. The predicted octanol–water partition coefficient (Wildman–Crippen LogP) is 1.71. The number of carbonyl (C=O) groups excluding carboxylic acids is 2. The van der Waals surface area contributed by atoms with E-state index in [9.17, 15) is 9.59 Å². The highest BCUT2D eigenvalue weighted by Crippen LogP contribution is 2.26. The lowest BCUT2D eigenvalue weighted by Gasteiger charge is -2.34. The third-order valence-corrected chi connectivity index (χ3v) is 4.78. The minimum absolute atomic E-state index is 0. The average Bonchev–Trinajstić information content (AvgIpc) is 2.46. The quantitative estimate of drug-likeness (QED) is 0.824. The second-order valence-corrected chi connectivity index (χ2v) is 6.82. The van der Waals surface area contributed by atoms with Crippen molar-refractivity contribution in [1.82, 2.24) is 15.5 Å². The van der Waals surface area contributed by atoms with Gasteiger partial charge in [0.05, 0.1) is 6.54 Å². The molecule has 5 nitrogen and oxygen atoms in total. The monoisotopic (exact) mass is 331 g/mol. The largest absolute Gasteiger partial charge is 0.354 e. The van der Waals surface area contributed by atoms with E-state index < -0.39 is 0 Å². The summed E-state index contributed by atoms with van der Waals surface area (Å²) in [5.41, 5.74) is 0.196. The summed E-state index contributed by atoms with van der Waals surface area (Å²) in [6, 6.07) is 0. The van der Waals surface area contributed by atoms with Gasteiger partial charge in [0.15, 0.2) is 0 Å². The minimum Gasteiger partial charge on any atom is -0.354 e. The van der Waals surface area contributed by atoms with Crippen molar-refractivity contribution in [3.8, 4) is 0 Å². The fourth-order valence-corrected chi connectivity index (χ4v) is 3.13. The Morgan fingerprint density at radius 3 is 2.64 bits per heavy atom. The first-order chi connectivity index (χ1) is 10.1. The van der Waals surface area contributed by atoms with Gasteiger partial charge in [0, 0.05) is 19.5 Å². The fourth-order valence-electron chi connectivity index (χ4n) is 3.13. The van der Waals surface area contributed by atoms with E-state index in [0.29, 0.717) is 6.42 Å². The molecule has 0 aromatic carbocycles. The summed E-state index contributed by atoms with van der Waals surface area (Å²) < 4.78 is 0. The lowest BCUT2D eigenvalue weighted by atomic mass is 9.81. The SMILES string of the molecule is CC1(CNC(=O)CN2CCCCCCC2=O)CCNCC1.Cl. The van der Waals surface area contributed by atoms with Crippen LogP contribution in [0.2, 0.25) is 0 Å². The molecule has 0 bridgehead atoms. The topological polar surface area (TPSA) is 61.4 Å². The van der Waals surface area contributed by atoms with Gasteiger partial charge >= 0.3 is 0 Å². The molecule has 2 aliphatic rings. The number of carbonyl (C=O) groups is 2. The first-order valence-corrected chi connectivity index (χ1v) is 8.34. The Morgan fingerprint density at radius 1 is 1.23 bits per heavy atom. The second kappa shape index (κ2) is 9.36. The summed E-state index contributed by atoms with van der Waals surface area (Å²) in [6.07, 6.45) is 7.06. The molecule has 2 heterocycles. The van der Waals surface area contributed by atoms with Crippen LogP contribution in [-0.2, 0) is 9.59 Å². The first kappa shape index (κ1) is 19.2. The van der Waals surface area contributed by atoms with Gasteiger partial charge in [-0.15, -0.1) is 12.4 Å². The van der Waals surface area contributed by atoms with Gasteiger partial charge in [-0.25, -0.2) is 0 Å². The van der Waals surface area contributed by atoms with E-state index in [4.69, 9.17) is 0 Å². The molecule has 6 heteroatoms. The molecule has 2 N–H and O–H groups in total. The number of nitrogens with one attached hydrogen (secondary N) is 2. The molecule has 2 fully saturated rings. The van der Waals surface area contributed by atoms with E-state index in [2.05, 4.69) is 17.6 Å². The molecule has 128 valence electrons. The molecule has 2 amide bonds. The molecule has 2 aliphatic heterocycles. The summed E-state index contributed by atoms with van der Waals surface area (Å²) >= 11 is 0. The number of rotatable bonds is 4. The Morgan fingerprint density at radius 2 is 1.91 bits per heavy atom. The van der Waals surface area contributed by atoms with Crippen LogP contribution < -0.4 is 10.6 Å². The number of amides is 2. The maximum Gasteiger partial charge on any atom is 0.239 e. The zero-order valence-electron chi connectivity index (χ0n) is 13.7. The molecule has 0 saturated carbocycles. The molecule has 0 radical (unpaired) electrons. The Bertz CT molecular complexity index is 370. The van der Waals surface area contributed by atoms with Crippen LogP contribution in [0, 0.1) is 5.41 Å². The summed E-state index contributed by atoms with van der Waals surface area (Å²) in [7, 11) is 0. The number of halogens is 1. The Labute approximate surface area is 140 Å². The lowest BCUT2D eigenvalue weighted by Crippen LogP contribution is -2.46. The van der Waals surface area contributed by atoms with Gasteiger partial charge in [-0.2, -0.15) is 0 Å². The summed E-state index contributed by atoms with van der Waals surface area (Å²) in [4.78, 5) is 25.9. The summed E-state index contributed by atoms with van der Waals surface area (Å²) in [5.74, 6) is 0.126. The molecule has 0 aromatic rings. The van der Waals surface area contributed by atoms with Gasteiger partial charge in [-0.05, 0) is 44.2 Å². The third kappa shape index (κ3) is 6.13. The van der Waals surface area contributed by atoms with Gasteiger partial charge < -0.3 is 15.5 Å². The first-order valence-electron chi connectivity index (χ1n) is 8.34. The molecular formula is C16H30ClN3O2. The number of hydrogen-bond acceptors (Lipinski definition) is 3. The van der Waals surface area contributed by atoms with Crippen LogP contribution in [0.4, 0.5) is 0 Å². The van der Waals surface area contributed by atoms with Crippen LogP contribution in [0.5, 0.6) is 0 Å². The molecule has 2 saturated heterocycles. The van der Waals surface area contributed by atoms with Crippen LogP contribution >= 0.6 is 12.4 Å². The molecule has 0 spiro atoms. The highest BCUT2D eigenvalue weighted by atomic mass is 35.5. The maximum atomic E-state index is 12.1. The van der Waals surface area contributed by atoms with Gasteiger partial charge in [0.1, 0.15) is 0 Å². The normalized spacial score (nSPS) is 22.2. The van der Waals surface area contributed by atoms with E-state index in [1.54, 1.807) is 4.90 Å². The Kier molecular flexibility index (Phi) is 8.18. The van der Waals surface area contributed by atoms with Crippen LogP contribution in [-0.4, -0.2) is 49.4 Å². The van der Waals surface area contributed by atoms with E-state index in [1.807, 2.05) is 0 Å². The second-order valence-electron chi connectivity index (χ2n) is 6.82. The van der Waals surface area contributed by atoms with Crippen molar-refractivity contribution < 1.29 is 9.59 Å². The zero-order chi connectivity index (χ0) is 15.1. The molecule has 0 aromatic heterocycles. The van der Waals surface area contributed by atoms with Gasteiger partial charge in [-0.1, -0.05) is 19.8 Å². The van der Waals surface area contributed by atoms with E-state index in [1.165, 1.54) is 0 Å². The molecule has 22 heavy (non-hydrogen) atoms. The number of likely N-dealkylation sites (tertiary alicyclic amines) is 1. The predicted molar refractivity (Wildman–Crippen MR) is 90.1 cm³/mol. The van der Waals surface area contributed by atoms with Crippen molar-refractivity contribution in [1.29, 1.82) is 0 Å². The van der Waals surface area contributed by atoms with Crippen molar-refractivity contribution in [3.05, 3.63) is 0 Å². The zero-order valence-corrected chi connectivity index (χ0v) is 14.5. The van der Waals surface area contributed by atoms with Gasteiger partial charge in [-0.3, -0.25) is 9.59 Å².